The topological polar surface area (TPSA) is 163 Å². The van der Waals surface area contributed by atoms with Gasteiger partial charge in [0.1, 0.15) is 12.1 Å². The number of nitrogens with two attached hydrogens (primary N) is 1. The molecule has 1 heterocycles. The number of aliphatic carboxylic acids is 1. The van der Waals surface area contributed by atoms with E-state index in [9.17, 15) is 24.3 Å². The van der Waals surface area contributed by atoms with Crippen LogP contribution in [0.15, 0.2) is 0 Å². The highest BCUT2D eigenvalue weighted by Crippen LogP contribution is 2.08. The first-order valence-corrected chi connectivity index (χ1v) is 10.3. The largest absolute Gasteiger partial charge is 0.480 e. The lowest BCUT2D eigenvalue weighted by molar-refractivity contribution is -0.143. The predicted octanol–water partition coefficient (Wildman–Crippen LogP) is -0.916. The van der Waals surface area contributed by atoms with E-state index >= 15 is 0 Å². The Balaban J connectivity index is 2.59. The second kappa shape index (κ2) is 13.1. The molecule has 0 aliphatic carbocycles. The number of carboxylic acids is 1. The van der Waals surface area contributed by atoms with Gasteiger partial charge in [-0.3, -0.25) is 14.4 Å². The highest BCUT2D eigenvalue weighted by atomic mass is 16.4. The summed E-state index contributed by atoms with van der Waals surface area (Å²) in [4.78, 5) is 48.3. The third-order valence-corrected chi connectivity index (χ3v) is 5.18. The van der Waals surface area contributed by atoms with Gasteiger partial charge < -0.3 is 32.1 Å². The van der Waals surface area contributed by atoms with Crippen molar-refractivity contribution in [3.8, 4) is 0 Å². The molecular formula is C19H35N5O5. The van der Waals surface area contributed by atoms with Crippen LogP contribution in [0.5, 0.6) is 0 Å². The molecule has 0 spiro atoms. The maximum Gasteiger partial charge on any atom is 0.326 e. The summed E-state index contributed by atoms with van der Waals surface area (Å²) in [5, 5.41) is 20.0. The van der Waals surface area contributed by atoms with Gasteiger partial charge in [-0.15, -0.1) is 0 Å². The number of carbonyl (C=O) groups is 4. The standard InChI is InChI=1S/C19H35N5O5/c1-3-12(2)16(19(28)29)24-15(25)11-22-17(26)14(7-4-5-9-20)23-18(27)13-8-6-10-21-13/h12-14,16,21H,3-11,20H2,1-2H3,(H,22,26)(H,23,27)(H,24,25)(H,28,29). The van der Waals surface area contributed by atoms with Crippen molar-refractivity contribution in [2.24, 2.45) is 11.7 Å². The Morgan fingerprint density at radius 2 is 1.93 bits per heavy atom. The number of rotatable bonds is 13. The van der Waals surface area contributed by atoms with Gasteiger partial charge in [0.25, 0.3) is 0 Å². The van der Waals surface area contributed by atoms with Gasteiger partial charge in [0.2, 0.25) is 17.7 Å². The van der Waals surface area contributed by atoms with Crippen LogP contribution in [0.3, 0.4) is 0 Å². The second-order valence-electron chi connectivity index (χ2n) is 7.48. The van der Waals surface area contributed by atoms with Crippen LogP contribution in [0.25, 0.3) is 0 Å². The Morgan fingerprint density at radius 1 is 1.21 bits per heavy atom. The third kappa shape index (κ3) is 8.78. The molecule has 4 atom stereocenters. The molecule has 0 aromatic carbocycles. The fourth-order valence-corrected chi connectivity index (χ4v) is 3.14. The number of carboxylic acid groups (broad SMARTS) is 1. The van der Waals surface area contributed by atoms with Crippen molar-refractivity contribution in [1.29, 1.82) is 0 Å². The van der Waals surface area contributed by atoms with Crippen molar-refractivity contribution in [3.63, 3.8) is 0 Å². The van der Waals surface area contributed by atoms with Crippen molar-refractivity contribution in [2.45, 2.75) is 70.5 Å². The third-order valence-electron chi connectivity index (χ3n) is 5.18. The van der Waals surface area contributed by atoms with Crippen LogP contribution < -0.4 is 27.0 Å². The monoisotopic (exact) mass is 413 g/mol. The molecule has 10 nitrogen and oxygen atoms in total. The van der Waals surface area contributed by atoms with Gasteiger partial charge in [-0.05, 0) is 51.1 Å². The van der Waals surface area contributed by atoms with Crippen molar-refractivity contribution in [1.82, 2.24) is 21.3 Å². The molecule has 166 valence electrons. The van der Waals surface area contributed by atoms with Gasteiger partial charge in [-0.2, -0.15) is 0 Å². The van der Waals surface area contributed by atoms with Crippen LogP contribution in [-0.4, -0.2) is 66.6 Å². The molecule has 0 saturated carbocycles. The molecule has 4 unspecified atom stereocenters. The Labute approximate surface area is 171 Å². The molecule has 10 heteroatoms. The van der Waals surface area contributed by atoms with Gasteiger partial charge in [-0.25, -0.2) is 4.79 Å². The van der Waals surface area contributed by atoms with Crippen LogP contribution in [0.2, 0.25) is 0 Å². The van der Waals surface area contributed by atoms with E-state index in [4.69, 9.17) is 5.73 Å². The second-order valence-corrected chi connectivity index (χ2v) is 7.48. The predicted molar refractivity (Wildman–Crippen MR) is 108 cm³/mol. The summed E-state index contributed by atoms with van der Waals surface area (Å²) >= 11 is 0. The molecule has 3 amide bonds. The summed E-state index contributed by atoms with van der Waals surface area (Å²) in [6.07, 6.45) is 4.01. The molecule has 0 aromatic heterocycles. The minimum absolute atomic E-state index is 0.234. The highest BCUT2D eigenvalue weighted by molar-refractivity contribution is 5.92. The first kappa shape index (κ1) is 24.8. The number of hydrogen-bond donors (Lipinski definition) is 6. The number of hydrogen-bond acceptors (Lipinski definition) is 6. The first-order chi connectivity index (χ1) is 13.8. The fraction of sp³-hybridized carbons (Fsp3) is 0.789. The fourth-order valence-electron chi connectivity index (χ4n) is 3.14. The molecule has 0 radical (unpaired) electrons. The molecule has 7 N–H and O–H groups in total. The van der Waals surface area contributed by atoms with Crippen LogP contribution >= 0.6 is 0 Å². The summed E-state index contributed by atoms with van der Waals surface area (Å²) in [5.74, 6) is -2.65. The molecule has 0 bridgehead atoms. The van der Waals surface area contributed by atoms with Gasteiger partial charge in [-0.1, -0.05) is 20.3 Å². The lowest BCUT2D eigenvalue weighted by Gasteiger charge is -2.22. The van der Waals surface area contributed by atoms with Crippen molar-refractivity contribution < 1.29 is 24.3 Å². The molecule has 0 aromatic rings. The zero-order valence-electron chi connectivity index (χ0n) is 17.3. The lowest BCUT2D eigenvalue weighted by atomic mass is 9.99. The van der Waals surface area contributed by atoms with E-state index in [-0.39, 0.29) is 24.4 Å². The molecule has 1 aliphatic rings. The van der Waals surface area contributed by atoms with E-state index in [0.29, 0.717) is 25.8 Å². The lowest BCUT2D eigenvalue weighted by Crippen LogP contribution is -2.53. The quantitative estimate of drug-likeness (QED) is 0.213. The normalized spacial score (nSPS) is 19.1. The van der Waals surface area contributed by atoms with E-state index < -0.39 is 29.9 Å². The maximum atomic E-state index is 12.5. The van der Waals surface area contributed by atoms with Crippen LogP contribution in [0, 0.1) is 5.92 Å². The number of carbonyl (C=O) groups excluding carboxylic acids is 3. The number of amides is 3. The summed E-state index contributed by atoms with van der Waals surface area (Å²) in [7, 11) is 0. The number of unbranched alkanes of at least 4 members (excludes halogenated alkanes) is 1. The van der Waals surface area contributed by atoms with Gasteiger partial charge in [0.15, 0.2) is 0 Å². The van der Waals surface area contributed by atoms with Crippen molar-refractivity contribution in [2.75, 3.05) is 19.6 Å². The Kier molecular flexibility index (Phi) is 11.2. The SMILES string of the molecule is CCC(C)C(NC(=O)CNC(=O)C(CCCCN)NC(=O)C1CCCN1)C(=O)O. The van der Waals surface area contributed by atoms with Crippen molar-refractivity contribution >= 4 is 23.7 Å². The summed E-state index contributed by atoms with van der Waals surface area (Å²) in [6, 6.07) is -2.10. The van der Waals surface area contributed by atoms with Gasteiger partial charge in [0.05, 0.1) is 12.6 Å². The van der Waals surface area contributed by atoms with E-state index in [2.05, 4.69) is 21.3 Å². The zero-order valence-corrected chi connectivity index (χ0v) is 17.3. The minimum Gasteiger partial charge on any atom is -0.480 e. The van der Waals surface area contributed by atoms with Crippen LogP contribution in [0.4, 0.5) is 0 Å². The average Bonchev–Trinajstić information content (AvgIpc) is 3.23. The van der Waals surface area contributed by atoms with Gasteiger partial charge >= 0.3 is 5.97 Å². The summed E-state index contributed by atoms with van der Waals surface area (Å²) < 4.78 is 0. The molecule has 1 aliphatic heterocycles. The summed E-state index contributed by atoms with van der Waals surface area (Å²) in [5.41, 5.74) is 5.50. The average molecular weight is 414 g/mol. The zero-order chi connectivity index (χ0) is 21.8. The highest BCUT2D eigenvalue weighted by Gasteiger charge is 2.28. The van der Waals surface area contributed by atoms with Crippen LogP contribution in [-0.2, 0) is 19.2 Å². The number of nitrogens with one attached hydrogen (secondary N) is 4. The van der Waals surface area contributed by atoms with E-state index in [1.807, 2.05) is 6.92 Å². The molecule has 1 fully saturated rings. The van der Waals surface area contributed by atoms with Crippen molar-refractivity contribution in [3.05, 3.63) is 0 Å². The Bertz CT molecular complexity index is 565. The first-order valence-electron chi connectivity index (χ1n) is 10.3. The summed E-state index contributed by atoms with van der Waals surface area (Å²) in [6.45, 7) is 4.47. The van der Waals surface area contributed by atoms with Crippen LogP contribution in [0.1, 0.15) is 52.4 Å². The molecule has 29 heavy (non-hydrogen) atoms. The minimum atomic E-state index is -1.12. The Morgan fingerprint density at radius 3 is 2.48 bits per heavy atom. The van der Waals surface area contributed by atoms with Gasteiger partial charge in [0, 0.05) is 0 Å². The Hall–Kier alpha value is -2.20. The molecular weight excluding hydrogens is 378 g/mol. The molecule has 1 rings (SSSR count). The van der Waals surface area contributed by atoms with E-state index in [1.54, 1.807) is 6.92 Å². The van der Waals surface area contributed by atoms with E-state index in [1.165, 1.54) is 0 Å². The maximum absolute atomic E-state index is 12.5. The smallest absolute Gasteiger partial charge is 0.326 e. The molecule has 1 saturated heterocycles. The van der Waals surface area contributed by atoms with E-state index in [0.717, 1.165) is 25.8 Å².